The normalized spacial score (nSPS) is 30.8. The van der Waals surface area contributed by atoms with E-state index in [4.69, 9.17) is 18.9 Å². The molecule has 3 bridgehead atoms. The molecule has 1 saturated carbocycles. The maximum Gasteiger partial charge on any atom is 0.306 e. The van der Waals surface area contributed by atoms with Gasteiger partial charge < -0.3 is 24.1 Å². The van der Waals surface area contributed by atoms with Gasteiger partial charge in [-0.15, -0.1) is 0 Å². The molecule has 8 unspecified atom stereocenters. The number of hydrogen-bond donors (Lipinski definition) is 1. The van der Waals surface area contributed by atoms with Crippen LogP contribution in [0.2, 0.25) is 0 Å². The molecule has 0 spiro atoms. The Kier molecular flexibility index (Phi) is 21.0. The number of esters is 1. The van der Waals surface area contributed by atoms with E-state index in [9.17, 15) is 14.7 Å². The van der Waals surface area contributed by atoms with E-state index in [-0.39, 0.29) is 36.6 Å². The van der Waals surface area contributed by atoms with Crippen LogP contribution < -0.4 is 0 Å². The molecule has 356 valence electrons. The minimum Gasteiger partial charge on any atom is -0.461 e. The van der Waals surface area contributed by atoms with Gasteiger partial charge in [0.25, 0.3) is 0 Å². The topological polar surface area (TPSA) is 91.3 Å². The van der Waals surface area contributed by atoms with Crippen molar-refractivity contribution >= 4 is 11.8 Å². The molecule has 63 heavy (non-hydrogen) atoms. The molecule has 2 saturated heterocycles. The first-order chi connectivity index (χ1) is 30.5. The minimum atomic E-state index is -1.74. The molecule has 5 rings (SSSR count). The van der Waals surface area contributed by atoms with Crippen molar-refractivity contribution in [1.29, 1.82) is 0 Å². The summed E-state index contributed by atoms with van der Waals surface area (Å²) in [6.07, 6.45) is 47.4. The van der Waals surface area contributed by atoms with Crippen molar-refractivity contribution in [2.75, 3.05) is 6.61 Å². The average molecular weight is 875 g/mol. The van der Waals surface area contributed by atoms with E-state index in [2.05, 4.69) is 39.5 Å². The van der Waals surface area contributed by atoms with Crippen LogP contribution in [0.4, 0.5) is 0 Å². The third kappa shape index (κ3) is 13.2. The van der Waals surface area contributed by atoms with Crippen LogP contribution in [0.3, 0.4) is 0 Å². The van der Waals surface area contributed by atoms with E-state index in [1.165, 1.54) is 141 Å². The predicted octanol–water partition coefficient (Wildman–Crippen LogP) is 14.6. The molecule has 0 radical (unpaired) electrons. The Bertz CT molecular complexity index is 1570. The Labute approximate surface area is 384 Å². The first-order valence-electron chi connectivity index (χ1n) is 26.4. The standard InChI is InChI=1S/C56H90O7/c1-7-9-11-13-15-17-19-20-21-22-23-24-25-26-27-29-31-33-35-37-50(57)60-43-47-40-48-52-54(44(3)4)41-46(6)56(48,49-39-45(5)51(58)53(49,59)42-47)63-55(61-52,62-54)38-36-34-32-30-28-18-16-14-12-10-8-2/h32,34,36,38-40,46,48-49,52,59H,3,7-31,33,35,37,41-43H2,1-2,4-6H3. The Hall–Kier alpha value is -2.32. The van der Waals surface area contributed by atoms with Crippen LogP contribution in [-0.2, 0) is 28.5 Å². The zero-order valence-corrected chi connectivity index (χ0v) is 40.8. The molecule has 0 aromatic carbocycles. The van der Waals surface area contributed by atoms with Crippen LogP contribution in [0, 0.1) is 17.8 Å². The smallest absolute Gasteiger partial charge is 0.306 e. The fourth-order valence-electron chi connectivity index (χ4n) is 11.7. The lowest BCUT2D eigenvalue weighted by atomic mass is 9.55. The number of unbranched alkanes of at least 4 members (excludes halogenated alkanes) is 25. The molecule has 3 fully saturated rings. The van der Waals surface area contributed by atoms with Crippen molar-refractivity contribution in [2.24, 2.45) is 17.8 Å². The fraction of sp³-hybridized carbons (Fsp3) is 0.786. The highest BCUT2D eigenvalue weighted by molar-refractivity contribution is 6.04. The second kappa shape index (κ2) is 25.6. The summed E-state index contributed by atoms with van der Waals surface area (Å²) in [5.74, 6) is -3.17. The molecule has 2 heterocycles. The highest BCUT2D eigenvalue weighted by Gasteiger charge is 2.78. The summed E-state index contributed by atoms with van der Waals surface area (Å²) in [5, 5.41) is 12.6. The lowest BCUT2D eigenvalue weighted by Crippen LogP contribution is -2.70. The Balaban J connectivity index is 1.09. The zero-order chi connectivity index (χ0) is 45.2. The van der Waals surface area contributed by atoms with Crippen molar-refractivity contribution in [3.63, 3.8) is 0 Å². The number of fused-ring (bicyclic) bond motifs is 2. The second-order valence-electron chi connectivity index (χ2n) is 20.6. The van der Waals surface area contributed by atoms with Crippen LogP contribution in [0.1, 0.15) is 227 Å². The summed E-state index contributed by atoms with van der Waals surface area (Å²) in [4.78, 5) is 27.1. The number of rotatable bonds is 33. The second-order valence-corrected chi connectivity index (χ2v) is 20.6. The number of carbonyl (C=O) groups excluding carboxylic acids is 2. The van der Waals surface area contributed by atoms with Crippen LogP contribution in [0.25, 0.3) is 0 Å². The number of allylic oxidation sites excluding steroid dienone is 3. The average Bonchev–Trinajstić information content (AvgIpc) is 3.57. The van der Waals surface area contributed by atoms with E-state index in [1.807, 2.05) is 31.2 Å². The number of Topliss-reactive ketones (excluding diaryl/α,β-unsaturated/α-hetero) is 1. The van der Waals surface area contributed by atoms with Gasteiger partial charge in [-0.25, -0.2) is 0 Å². The highest BCUT2D eigenvalue weighted by Crippen LogP contribution is 2.68. The van der Waals surface area contributed by atoms with Gasteiger partial charge >= 0.3 is 11.9 Å². The highest BCUT2D eigenvalue weighted by atomic mass is 16.9. The van der Waals surface area contributed by atoms with Crippen LogP contribution in [0.15, 0.2) is 59.8 Å². The predicted molar refractivity (Wildman–Crippen MR) is 257 cm³/mol. The summed E-state index contributed by atoms with van der Waals surface area (Å²) in [7, 11) is 0. The molecule has 7 nitrogen and oxygen atoms in total. The van der Waals surface area contributed by atoms with Gasteiger partial charge in [0.2, 0.25) is 0 Å². The molecule has 8 atom stereocenters. The lowest BCUT2D eigenvalue weighted by molar-refractivity contribution is -0.398. The van der Waals surface area contributed by atoms with Gasteiger partial charge in [-0.3, -0.25) is 9.59 Å². The van der Waals surface area contributed by atoms with Crippen molar-refractivity contribution in [1.82, 2.24) is 0 Å². The first-order valence-corrected chi connectivity index (χ1v) is 26.4. The molecule has 1 N–H and O–H groups in total. The van der Waals surface area contributed by atoms with E-state index >= 15 is 0 Å². The first kappa shape index (κ1) is 51.7. The van der Waals surface area contributed by atoms with Crippen molar-refractivity contribution in [3.05, 3.63) is 59.8 Å². The van der Waals surface area contributed by atoms with E-state index in [1.54, 1.807) is 6.92 Å². The molecule has 0 aromatic heterocycles. The Morgan fingerprint density at radius 2 is 1.30 bits per heavy atom. The van der Waals surface area contributed by atoms with Crippen LogP contribution in [0.5, 0.6) is 0 Å². The van der Waals surface area contributed by atoms with Gasteiger partial charge in [0.15, 0.2) is 5.78 Å². The molecular formula is C56H90O7. The molecular weight excluding hydrogens is 785 g/mol. The Morgan fingerprint density at radius 3 is 1.84 bits per heavy atom. The number of hydrogen-bond acceptors (Lipinski definition) is 7. The van der Waals surface area contributed by atoms with Crippen molar-refractivity contribution in [3.8, 4) is 0 Å². The molecule has 0 aromatic rings. The quantitative estimate of drug-likeness (QED) is 0.0304. The summed E-state index contributed by atoms with van der Waals surface area (Å²) < 4.78 is 26.9. The molecule has 7 heteroatoms. The summed E-state index contributed by atoms with van der Waals surface area (Å²) in [5.41, 5.74) is -1.47. The molecule has 3 aliphatic carbocycles. The molecule has 5 aliphatic rings. The van der Waals surface area contributed by atoms with Crippen molar-refractivity contribution in [2.45, 2.75) is 256 Å². The zero-order valence-electron chi connectivity index (χ0n) is 40.8. The Morgan fingerprint density at radius 1 is 0.778 bits per heavy atom. The number of carbonyl (C=O) groups is 2. The van der Waals surface area contributed by atoms with E-state index in [0.717, 1.165) is 37.7 Å². The summed E-state index contributed by atoms with van der Waals surface area (Å²) in [6, 6.07) is 0. The number of aliphatic hydroxyl groups is 1. The number of ketones is 1. The van der Waals surface area contributed by atoms with Gasteiger partial charge in [0.05, 0.1) is 5.60 Å². The monoisotopic (exact) mass is 875 g/mol. The van der Waals surface area contributed by atoms with Crippen molar-refractivity contribution < 1.29 is 33.6 Å². The third-order valence-electron chi connectivity index (χ3n) is 15.3. The van der Waals surface area contributed by atoms with Crippen LogP contribution in [-0.4, -0.2) is 52.3 Å². The molecule has 0 amide bonds. The van der Waals surface area contributed by atoms with Gasteiger partial charge in [0.1, 0.15) is 23.9 Å². The summed E-state index contributed by atoms with van der Waals surface area (Å²) >= 11 is 0. The molecule has 2 aliphatic heterocycles. The number of ether oxygens (including phenoxy) is 4. The third-order valence-corrected chi connectivity index (χ3v) is 15.3. The van der Waals surface area contributed by atoms with E-state index in [0.29, 0.717) is 24.0 Å². The fourth-order valence-corrected chi connectivity index (χ4v) is 11.7. The lowest BCUT2D eigenvalue weighted by Gasteiger charge is -2.58. The minimum absolute atomic E-state index is 0.0164. The largest absolute Gasteiger partial charge is 0.461 e. The van der Waals surface area contributed by atoms with Gasteiger partial charge in [-0.1, -0.05) is 212 Å². The summed E-state index contributed by atoms with van der Waals surface area (Å²) in [6.45, 7) is 14.9. The van der Waals surface area contributed by atoms with Gasteiger partial charge in [0, 0.05) is 30.8 Å². The maximum atomic E-state index is 14.0. The van der Waals surface area contributed by atoms with Crippen LogP contribution >= 0.6 is 0 Å². The van der Waals surface area contributed by atoms with Gasteiger partial charge in [-0.05, 0) is 62.2 Å². The van der Waals surface area contributed by atoms with Gasteiger partial charge in [-0.2, -0.15) is 0 Å². The van der Waals surface area contributed by atoms with E-state index < -0.39 is 34.8 Å². The maximum absolute atomic E-state index is 14.0. The SMILES string of the molecule is C=C(C)C12CC(C)C34OC(C=CC=CCCCCCCCCC)(OC1C3C=C(COC(=O)CCCCCCCCCCCCCCCCCCCCC)CC1(O)C(=O)C(C)=CC14)O2.